The second-order valence-electron chi connectivity index (χ2n) is 7.59. The van der Waals surface area contributed by atoms with Crippen LogP contribution in [-0.2, 0) is 16.8 Å². The number of carbonyl (C=O) groups is 1. The molecule has 0 aliphatic carbocycles. The second kappa shape index (κ2) is 9.23. The van der Waals surface area contributed by atoms with Crippen LogP contribution in [0, 0.1) is 12.7 Å². The van der Waals surface area contributed by atoms with Crippen molar-refractivity contribution in [1.82, 2.24) is 19.6 Å². The maximum Gasteiger partial charge on any atom is 0.416 e. The number of carbonyl (C=O) groups excluding carboxylic acids is 1. The highest BCUT2D eigenvalue weighted by Gasteiger charge is 2.33. The first kappa shape index (κ1) is 23.4. The van der Waals surface area contributed by atoms with Crippen molar-refractivity contribution in [3.05, 3.63) is 71.3 Å². The average molecular weight is 488 g/mol. The van der Waals surface area contributed by atoms with Crippen LogP contribution >= 0.6 is 0 Å². The molecule has 34 heavy (non-hydrogen) atoms. The Morgan fingerprint density at radius 2 is 1.94 bits per heavy atom. The average Bonchev–Trinajstić information content (AvgIpc) is 2.78. The normalized spacial score (nSPS) is 15.5. The predicted octanol–water partition coefficient (Wildman–Crippen LogP) is 3.67. The van der Waals surface area contributed by atoms with E-state index in [1.54, 1.807) is 37.4 Å². The minimum absolute atomic E-state index is 0.0709. The summed E-state index contributed by atoms with van der Waals surface area (Å²) < 4.78 is 53.6. The lowest BCUT2D eigenvalue weighted by Crippen LogP contribution is -2.39. The number of ether oxygens (including phenoxy) is 2. The lowest BCUT2D eigenvalue weighted by Gasteiger charge is -2.34. The minimum atomic E-state index is -3.96. The van der Waals surface area contributed by atoms with Crippen molar-refractivity contribution in [3.63, 3.8) is 0 Å². The van der Waals surface area contributed by atoms with Gasteiger partial charge >= 0.3 is 6.09 Å². The SMILES string of the molecule is CNS(=O)(=O)Nc1nccc(CN2C(=O)Oc3cc(Oc4cc(C)ccn4)ccc3[C@H]2C)c1F. The number of fused-ring (bicyclic) bond motifs is 1. The van der Waals surface area contributed by atoms with Gasteiger partial charge in [-0.3, -0.25) is 9.62 Å². The van der Waals surface area contributed by atoms with Crippen LogP contribution in [0.1, 0.15) is 29.7 Å². The van der Waals surface area contributed by atoms with E-state index in [1.807, 2.05) is 22.4 Å². The minimum Gasteiger partial charge on any atom is -0.439 e. The van der Waals surface area contributed by atoms with Gasteiger partial charge < -0.3 is 9.47 Å². The first-order chi connectivity index (χ1) is 16.2. The van der Waals surface area contributed by atoms with Crippen molar-refractivity contribution in [1.29, 1.82) is 0 Å². The third-order valence-electron chi connectivity index (χ3n) is 5.26. The predicted molar refractivity (Wildman–Crippen MR) is 121 cm³/mol. The van der Waals surface area contributed by atoms with Gasteiger partial charge in [0, 0.05) is 42.7 Å². The number of anilines is 1. The highest BCUT2D eigenvalue weighted by molar-refractivity contribution is 7.90. The monoisotopic (exact) mass is 487 g/mol. The number of aryl methyl sites for hydroxylation is 1. The van der Waals surface area contributed by atoms with Gasteiger partial charge in [0.25, 0.3) is 10.2 Å². The van der Waals surface area contributed by atoms with Crippen molar-refractivity contribution in [2.75, 3.05) is 11.8 Å². The zero-order chi connectivity index (χ0) is 24.5. The van der Waals surface area contributed by atoms with Crippen LogP contribution in [0.25, 0.3) is 0 Å². The largest absolute Gasteiger partial charge is 0.439 e. The van der Waals surface area contributed by atoms with E-state index in [2.05, 4.69) is 9.97 Å². The van der Waals surface area contributed by atoms with Gasteiger partial charge in [-0.05, 0) is 43.7 Å². The number of hydrogen-bond acceptors (Lipinski definition) is 7. The number of rotatable bonds is 7. The Bertz CT molecular complexity index is 1350. The molecule has 3 aromatic rings. The summed E-state index contributed by atoms with van der Waals surface area (Å²) in [6, 6.07) is 9.64. The van der Waals surface area contributed by atoms with Crippen molar-refractivity contribution in [3.8, 4) is 17.4 Å². The number of hydrogen-bond donors (Lipinski definition) is 2. The van der Waals surface area contributed by atoms with Crippen molar-refractivity contribution < 1.29 is 27.1 Å². The molecule has 1 amide bonds. The molecule has 1 aliphatic rings. The van der Waals surface area contributed by atoms with Crippen LogP contribution in [-0.4, -0.2) is 36.4 Å². The van der Waals surface area contributed by atoms with Gasteiger partial charge in [0.05, 0.1) is 12.6 Å². The number of pyridine rings is 2. The van der Waals surface area contributed by atoms with Crippen LogP contribution in [0.2, 0.25) is 0 Å². The Morgan fingerprint density at radius 3 is 2.68 bits per heavy atom. The summed E-state index contributed by atoms with van der Waals surface area (Å²) in [5.41, 5.74) is 1.76. The summed E-state index contributed by atoms with van der Waals surface area (Å²) in [7, 11) is -2.78. The molecule has 1 aliphatic heterocycles. The zero-order valence-electron chi connectivity index (χ0n) is 18.6. The lowest BCUT2D eigenvalue weighted by molar-refractivity contribution is 0.116. The first-order valence-corrected chi connectivity index (χ1v) is 11.7. The molecule has 12 heteroatoms. The molecule has 2 N–H and O–H groups in total. The molecule has 1 aromatic carbocycles. The van der Waals surface area contributed by atoms with Gasteiger partial charge in [-0.15, -0.1) is 0 Å². The Morgan fingerprint density at radius 1 is 1.18 bits per heavy atom. The molecule has 178 valence electrons. The summed E-state index contributed by atoms with van der Waals surface area (Å²) in [5, 5.41) is 0. The molecule has 0 fully saturated rings. The molecule has 1 atom stereocenters. The van der Waals surface area contributed by atoms with Crippen molar-refractivity contribution >= 4 is 22.1 Å². The second-order valence-corrected chi connectivity index (χ2v) is 9.21. The van der Waals surface area contributed by atoms with E-state index in [4.69, 9.17) is 9.47 Å². The van der Waals surface area contributed by atoms with E-state index < -0.39 is 34.0 Å². The molecule has 0 saturated heterocycles. The van der Waals surface area contributed by atoms with E-state index in [0.717, 1.165) is 5.56 Å². The maximum atomic E-state index is 14.9. The van der Waals surface area contributed by atoms with E-state index in [-0.39, 0.29) is 12.1 Å². The summed E-state index contributed by atoms with van der Waals surface area (Å²) in [6.45, 7) is 3.54. The Balaban J connectivity index is 1.55. The van der Waals surface area contributed by atoms with E-state index in [9.17, 15) is 17.6 Å². The van der Waals surface area contributed by atoms with E-state index >= 15 is 0 Å². The summed E-state index contributed by atoms with van der Waals surface area (Å²) in [5.74, 6) is -0.170. The molecule has 0 spiro atoms. The summed E-state index contributed by atoms with van der Waals surface area (Å²) in [6.07, 6.45) is 2.21. The van der Waals surface area contributed by atoms with Crippen LogP contribution in [0.15, 0.2) is 48.8 Å². The lowest BCUT2D eigenvalue weighted by atomic mass is 10.0. The van der Waals surface area contributed by atoms with Crippen molar-refractivity contribution in [2.45, 2.75) is 26.4 Å². The van der Waals surface area contributed by atoms with Gasteiger partial charge in [0.2, 0.25) is 5.88 Å². The molecule has 3 heterocycles. The zero-order valence-corrected chi connectivity index (χ0v) is 19.4. The smallest absolute Gasteiger partial charge is 0.416 e. The third kappa shape index (κ3) is 4.92. The highest BCUT2D eigenvalue weighted by Crippen LogP contribution is 2.39. The molecule has 0 bridgehead atoms. The topological polar surface area (TPSA) is 123 Å². The van der Waals surface area contributed by atoms with Gasteiger partial charge in [-0.25, -0.2) is 23.9 Å². The molecule has 0 unspecified atom stereocenters. The fourth-order valence-corrected chi connectivity index (χ4v) is 3.91. The molecule has 0 radical (unpaired) electrons. The highest BCUT2D eigenvalue weighted by atomic mass is 32.2. The fourth-order valence-electron chi connectivity index (χ4n) is 3.42. The van der Waals surface area contributed by atoms with Gasteiger partial charge in [-0.1, -0.05) is 0 Å². The standard InChI is InChI=1S/C22H22FN5O5S/c1-13-6-8-25-19(10-13)32-16-4-5-17-14(2)28(22(29)33-18(17)11-16)12-15-7-9-26-21(20(15)23)27-34(30,31)24-3/h4-11,14,24H,12H2,1-3H3,(H,26,27)/t14-/m1/s1. The number of halogens is 1. The quantitative estimate of drug-likeness (QED) is 0.521. The van der Waals surface area contributed by atoms with Gasteiger partial charge in [0.15, 0.2) is 11.6 Å². The molecule has 2 aromatic heterocycles. The fraction of sp³-hybridized carbons (Fsp3) is 0.227. The summed E-state index contributed by atoms with van der Waals surface area (Å²) in [4.78, 5) is 22.0. The van der Waals surface area contributed by atoms with Crippen LogP contribution in [0.5, 0.6) is 17.4 Å². The Labute approximate surface area is 195 Å². The van der Waals surface area contributed by atoms with E-state index in [1.165, 1.54) is 24.2 Å². The first-order valence-electron chi connectivity index (χ1n) is 10.2. The molecular weight excluding hydrogens is 465 g/mol. The number of amides is 1. The van der Waals surface area contributed by atoms with Crippen LogP contribution in [0.4, 0.5) is 15.0 Å². The number of nitrogens with one attached hydrogen (secondary N) is 2. The van der Waals surface area contributed by atoms with Gasteiger partial charge in [-0.2, -0.15) is 8.42 Å². The number of aromatic nitrogens is 2. The Hall–Kier alpha value is -3.77. The van der Waals surface area contributed by atoms with E-state index in [0.29, 0.717) is 22.9 Å². The van der Waals surface area contributed by atoms with Gasteiger partial charge in [0.1, 0.15) is 11.5 Å². The van der Waals surface area contributed by atoms with Crippen LogP contribution < -0.4 is 18.9 Å². The third-order valence-corrected chi connectivity index (χ3v) is 6.26. The molecule has 10 nitrogen and oxygen atoms in total. The summed E-state index contributed by atoms with van der Waals surface area (Å²) >= 11 is 0. The van der Waals surface area contributed by atoms with Crippen molar-refractivity contribution in [2.24, 2.45) is 0 Å². The Kier molecular flexibility index (Phi) is 6.35. The molecule has 0 saturated carbocycles. The molecular formula is C22H22FN5O5S. The molecule has 4 rings (SSSR count). The number of benzene rings is 1. The number of nitrogens with zero attached hydrogens (tertiary/aromatic N) is 3. The maximum absolute atomic E-state index is 14.9. The van der Waals surface area contributed by atoms with Crippen LogP contribution in [0.3, 0.4) is 0 Å².